The first kappa shape index (κ1) is 12.3. The fourth-order valence-electron chi connectivity index (χ4n) is 1.63. The minimum Gasteiger partial charge on any atom is -0.324 e. The summed E-state index contributed by atoms with van der Waals surface area (Å²) < 4.78 is 1.48. The van der Waals surface area contributed by atoms with Gasteiger partial charge in [0, 0.05) is 12.2 Å². The third kappa shape index (κ3) is 3.39. The Hall–Kier alpha value is -2.21. The number of nitrogens with one attached hydrogen (secondary N) is 2. The number of hydrogen-bond donors (Lipinski definition) is 2. The summed E-state index contributed by atoms with van der Waals surface area (Å²) in [5.41, 5.74) is 1.91. The second kappa shape index (κ2) is 5.92. The van der Waals surface area contributed by atoms with Gasteiger partial charge in [-0.2, -0.15) is 5.10 Å². The smallest absolute Gasteiger partial charge is 0.246 e. The van der Waals surface area contributed by atoms with E-state index in [1.54, 1.807) is 0 Å². The molecule has 1 aromatic carbocycles. The standard InChI is InChI=1S/C12H15N5O/c1-13-6-10-3-2-4-11(5-10)16-12(18)7-17-9-14-8-15-17/h2-5,8-9,13H,6-7H2,1H3,(H,16,18). The number of hydrogen-bond acceptors (Lipinski definition) is 4. The number of nitrogens with zero attached hydrogens (tertiary/aromatic N) is 3. The number of amides is 1. The van der Waals surface area contributed by atoms with Crippen molar-refractivity contribution in [1.82, 2.24) is 20.1 Å². The molecular formula is C12H15N5O. The highest BCUT2D eigenvalue weighted by Crippen LogP contribution is 2.10. The molecule has 2 N–H and O–H groups in total. The lowest BCUT2D eigenvalue weighted by Crippen LogP contribution is -2.19. The number of rotatable bonds is 5. The number of carbonyl (C=O) groups excluding carboxylic acids is 1. The van der Waals surface area contributed by atoms with Crippen LogP contribution in [0.4, 0.5) is 5.69 Å². The van der Waals surface area contributed by atoms with Crippen LogP contribution in [0.2, 0.25) is 0 Å². The molecule has 0 bridgehead atoms. The molecule has 0 saturated carbocycles. The molecule has 0 atom stereocenters. The van der Waals surface area contributed by atoms with Crippen LogP contribution >= 0.6 is 0 Å². The van der Waals surface area contributed by atoms with E-state index in [0.29, 0.717) is 0 Å². The number of anilines is 1. The molecule has 2 aromatic rings. The predicted octanol–water partition coefficient (Wildman–Crippen LogP) is 0.636. The van der Waals surface area contributed by atoms with E-state index >= 15 is 0 Å². The summed E-state index contributed by atoms with van der Waals surface area (Å²) in [6.45, 7) is 0.934. The molecular weight excluding hydrogens is 230 g/mol. The molecule has 0 fully saturated rings. The summed E-state index contributed by atoms with van der Waals surface area (Å²) >= 11 is 0. The quantitative estimate of drug-likeness (QED) is 0.810. The molecule has 18 heavy (non-hydrogen) atoms. The Morgan fingerprint density at radius 1 is 1.44 bits per heavy atom. The molecule has 0 spiro atoms. The van der Waals surface area contributed by atoms with E-state index in [1.165, 1.54) is 17.3 Å². The lowest BCUT2D eigenvalue weighted by atomic mass is 10.2. The van der Waals surface area contributed by atoms with Crippen molar-refractivity contribution in [2.45, 2.75) is 13.1 Å². The zero-order valence-electron chi connectivity index (χ0n) is 10.1. The van der Waals surface area contributed by atoms with Gasteiger partial charge < -0.3 is 10.6 Å². The molecule has 94 valence electrons. The van der Waals surface area contributed by atoms with E-state index in [0.717, 1.165) is 17.8 Å². The van der Waals surface area contributed by atoms with E-state index in [9.17, 15) is 4.79 Å². The van der Waals surface area contributed by atoms with Gasteiger partial charge in [0.25, 0.3) is 0 Å². The Bertz CT molecular complexity index is 509. The summed E-state index contributed by atoms with van der Waals surface area (Å²) in [6.07, 6.45) is 2.91. The van der Waals surface area contributed by atoms with Gasteiger partial charge >= 0.3 is 0 Å². The summed E-state index contributed by atoms with van der Waals surface area (Å²) in [5, 5.41) is 9.77. The van der Waals surface area contributed by atoms with E-state index < -0.39 is 0 Å². The van der Waals surface area contributed by atoms with Gasteiger partial charge in [0.2, 0.25) is 5.91 Å². The normalized spacial score (nSPS) is 10.3. The van der Waals surface area contributed by atoms with Crippen molar-refractivity contribution in [1.29, 1.82) is 0 Å². The molecule has 1 heterocycles. The summed E-state index contributed by atoms with van der Waals surface area (Å²) in [7, 11) is 1.88. The van der Waals surface area contributed by atoms with Gasteiger partial charge in [-0.1, -0.05) is 12.1 Å². The summed E-state index contributed by atoms with van der Waals surface area (Å²) in [6, 6.07) is 7.72. The average Bonchev–Trinajstić information content (AvgIpc) is 2.82. The fourth-order valence-corrected chi connectivity index (χ4v) is 1.63. The van der Waals surface area contributed by atoms with Crippen LogP contribution in [-0.2, 0) is 17.9 Å². The molecule has 1 amide bonds. The molecule has 0 saturated heterocycles. The first-order valence-electron chi connectivity index (χ1n) is 5.64. The monoisotopic (exact) mass is 245 g/mol. The zero-order valence-corrected chi connectivity index (χ0v) is 10.1. The number of carbonyl (C=O) groups is 1. The Kier molecular flexibility index (Phi) is 4.03. The van der Waals surface area contributed by atoms with Crippen LogP contribution in [0.3, 0.4) is 0 Å². The van der Waals surface area contributed by atoms with Crippen LogP contribution in [0.1, 0.15) is 5.56 Å². The van der Waals surface area contributed by atoms with Gasteiger partial charge in [0.15, 0.2) is 0 Å². The van der Waals surface area contributed by atoms with Crippen LogP contribution in [0.5, 0.6) is 0 Å². The predicted molar refractivity (Wildman–Crippen MR) is 67.9 cm³/mol. The zero-order chi connectivity index (χ0) is 12.8. The minimum absolute atomic E-state index is 0.123. The molecule has 0 aliphatic carbocycles. The maximum atomic E-state index is 11.7. The van der Waals surface area contributed by atoms with Crippen LogP contribution in [0, 0.1) is 0 Å². The Balaban J connectivity index is 1.96. The fraction of sp³-hybridized carbons (Fsp3) is 0.250. The topological polar surface area (TPSA) is 71.8 Å². The van der Waals surface area contributed by atoms with Gasteiger partial charge in [-0.05, 0) is 24.7 Å². The van der Waals surface area contributed by atoms with Gasteiger partial charge in [-0.15, -0.1) is 0 Å². The lowest BCUT2D eigenvalue weighted by Gasteiger charge is -2.07. The third-order valence-electron chi connectivity index (χ3n) is 2.36. The molecule has 0 radical (unpaired) electrons. The first-order chi connectivity index (χ1) is 8.78. The minimum atomic E-state index is -0.123. The maximum Gasteiger partial charge on any atom is 0.246 e. The van der Waals surface area contributed by atoms with Crippen molar-refractivity contribution in [2.75, 3.05) is 12.4 Å². The molecule has 2 rings (SSSR count). The van der Waals surface area contributed by atoms with Crippen LogP contribution in [0.15, 0.2) is 36.9 Å². The Morgan fingerprint density at radius 3 is 3.06 bits per heavy atom. The molecule has 0 unspecified atom stereocenters. The van der Waals surface area contributed by atoms with Crippen molar-refractivity contribution in [3.05, 3.63) is 42.5 Å². The van der Waals surface area contributed by atoms with Crippen molar-refractivity contribution < 1.29 is 4.79 Å². The largest absolute Gasteiger partial charge is 0.324 e. The highest BCUT2D eigenvalue weighted by Gasteiger charge is 2.04. The van der Waals surface area contributed by atoms with Crippen molar-refractivity contribution >= 4 is 11.6 Å². The Labute approximate surface area is 105 Å². The Morgan fingerprint density at radius 2 is 2.33 bits per heavy atom. The number of aromatic nitrogens is 3. The van der Waals surface area contributed by atoms with Crippen LogP contribution in [0.25, 0.3) is 0 Å². The van der Waals surface area contributed by atoms with Crippen molar-refractivity contribution in [3.8, 4) is 0 Å². The first-order valence-corrected chi connectivity index (χ1v) is 5.64. The SMILES string of the molecule is CNCc1cccc(NC(=O)Cn2cncn2)c1. The second-order valence-electron chi connectivity index (χ2n) is 3.87. The molecule has 0 aliphatic heterocycles. The van der Waals surface area contributed by atoms with Crippen LogP contribution < -0.4 is 10.6 Å². The molecule has 6 nitrogen and oxygen atoms in total. The van der Waals surface area contributed by atoms with Gasteiger partial charge in [0.1, 0.15) is 19.2 Å². The highest BCUT2D eigenvalue weighted by atomic mass is 16.2. The van der Waals surface area contributed by atoms with Crippen molar-refractivity contribution in [3.63, 3.8) is 0 Å². The van der Waals surface area contributed by atoms with E-state index in [1.807, 2.05) is 31.3 Å². The average molecular weight is 245 g/mol. The maximum absolute atomic E-state index is 11.7. The highest BCUT2D eigenvalue weighted by molar-refractivity contribution is 5.90. The van der Waals surface area contributed by atoms with E-state index in [2.05, 4.69) is 20.7 Å². The number of benzene rings is 1. The molecule has 6 heteroatoms. The van der Waals surface area contributed by atoms with Gasteiger partial charge in [-0.3, -0.25) is 4.79 Å². The van der Waals surface area contributed by atoms with E-state index in [4.69, 9.17) is 0 Å². The van der Waals surface area contributed by atoms with Crippen molar-refractivity contribution in [2.24, 2.45) is 0 Å². The van der Waals surface area contributed by atoms with Gasteiger partial charge in [0.05, 0.1) is 0 Å². The lowest BCUT2D eigenvalue weighted by molar-refractivity contribution is -0.116. The molecule has 0 aliphatic rings. The second-order valence-corrected chi connectivity index (χ2v) is 3.87. The molecule has 1 aromatic heterocycles. The van der Waals surface area contributed by atoms with Gasteiger partial charge in [-0.25, -0.2) is 9.67 Å². The van der Waals surface area contributed by atoms with E-state index in [-0.39, 0.29) is 12.5 Å². The summed E-state index contributed by atoms with van der Waals surface area (Å²) in [5.74, 6) is -0.123. The summed E-state index contributed by atoms with van der Waals surface area (Å²) in [4.78, 5) is 15.5. The third-order valence-corrected chi connectivity index (χ3v) is 2.36. The van der Waals surface area contributed by atoms with Crippen LogP contribution in [-0.4, -0.2) is 27.7 Å².